The quantitative estimate of drug-likeness (QED) is 0.417. The number of carbonyl (C=O) groups excluding carboxylic acids is 1. The van der Waals surface area contributed by atoms with Crippen LogP contribution in [-0.4, -0.2) is 27.7 Å². The number of benzene rings is 1. The van der Waals surface area contributed by atoms with E-state index in [0.717, 1.165) is 0 Å². The highest BCUT2D eigenvalue weighted by Crippen LogP contribution is 2.29. The number of anilines is 1. The van der Waals surface area contributed by atoms with Crippen LogP contribution in [0.15, 0.2) is 24.3 Å². The minimum Gasteiger partial charge on any atom is -0.339 e. The van der Waals surface area contributed by atoms with E-state index in [1.165, 1.54) is 0 Å². The van der Waals surface area contributed by atoms with E-state index in [0.29, 0.717) is 10.7 Å². The SMILES string of the molecule is O=C(CF)N[C@@H](NC(=S)Nc1cccc(Cl)c1)C(Cl)(Cl)Cl. The fourth-order valence-electron chi connectivity index (χ4n) is 1.26. The highest BCUT2D eigenvalue weighted by Gasteiger charge is 2.34. The van der Waals surface area contributed by atoms with Crippen LogP contribution < -0.4 is 16.0 Å². The Bertz CT molecular complexity index is 526. The van der Waals surface area contributed by atoms with Crippen molar-refractivity contribution in [2.75, 3.05) is 12.0 Å². The summed E-state index contributed by atoms with van der Waals surface area (Å²) in [6, 6.07) is 6.74. The highest BCUT2D eigenvalue weighted by molar-refractivity contribution is 7.80. The zero-order valence-electron chi connectivity index (χ0n) is 10.3. The highest BCUT2D eigenvalue weighted by atomic mass is 35.6. The first-order valence-corrected chi connectivity index (χ1v) is 7.39. The molecule has 21 heavy (non-hydrogen) atoms. The Balaban J connectivity index is 2.70. The van der Waals surface area contributed by atoms with Gasteiger partial charge in [-0.1, -0.05) is 52.5 Å². The molecule has 10 heteroatoms. The smallest absolute Gasteiger partial charge is 0.253 e. The van der Waals surface area contributed by atoms with Crippen LogP contribution in [0.5, 0.6) is 0 Å². The molecule has 0 unspecified atom stereocenters. The molecule has 0 aliphatic heterocycles. The molecule has 1 aromatic rings. The first-order chi connectivity index (χ1) is 9.72. The Morgan fingerprint density at radius 3 is 2.52 bits per heavy atom. The Morgan fingerprint density at radius 1 is 1.33 bits per heavy atom. The molecule has 0 saturated heterocycles. The van der Waals surface area contributed by atoms with Crippen molar-refractivity contribution in [3.8, 4) is 0 Å². The maximum Gasteiger partial charge on any atom is 0.253 e. The number of hydrogen-bond acceptors (Lipinski definition) is 2. The van der Waals surface area contributed by atoms with Gasteiger partial charge >= 0.3 is 0 Å². The molecule has 0 bridgehead atoms. The van der Waals surface area contributed by atoms with Crippen molar-refractivity contribution >= 4 is 75.3 Å². The lowest BCUT2D eigenvalue weighted by Gasteiger charge is -2.27. The molecule has 0 saturated carbocycles. The number of hydrogen-bond donors (Lipinski definition) is 3. The predicted molar refractivity (Wildman–Crippen MR) is 89.0 cm³/mol. The van der Waals surface area contributed by atoms with Gasteiger partial charge in [0.05, 0.1) is 0 Å². The van der Waals surface area contributed by atoms with Crippen molar-refractivity contribution in [1.82, 2.24) is 10.6 Å². The van der Waals surface area contributed by atoms with E-state index in [2.05, 4.69) is 16.0 Å². The van der Waals surface area contributed by atoms with Crippen LogP contribution >= 0.6 is 58.6 Å². The number of halogens is 5. The monoisotopic (exact) mass is 391 g/mol. The lowest BCUT2D eigenvalue weighted by molar-refractivity contribution is -0.122. The molecule has 0 aliphatic carbocycles. The molecule has 1 aromatic carbocycles. The third-order valence-electron chi connectivity index (χ3n) is 2.11. The fourth-order valence-corrected chi connectivity index (χ4v) is 2.02. The zero-order chi connectivity index (χ0) is 16.0. The largest absolute Gasteiger partial charge is 0.339 e. The lowest BCUT2D eigenvalue weighted by atomic mass is 10.3. The molecule has 3 N–H and O–H groups in total. The van der Waals surface area contributed by atoms with Gasteiger partial charge in [-0.15, -0.1) is 0 Å². The number of carbonyl (C=O) groups is 1. The van der Waals surface area contributed by atoms with E-state index in [4.69, 9.17) is 58.6 Å². The number of rotatable bonds is 4. The summed E-state index contributed by atoms with van der Waals surface area (Å²) in [7, 11) is 0. The van der Waals surface area contributed by atoms with Gasteiger partial charge in [-0.2, -0.15) is 0 Å². The van der Waals surface area contributed by atoms with Gasteiger partial charge in [-0.05, 0) is 30.4 Å². The zero-order valence-corrected chi connectivity index (χ0v) is 14.1. The minimum absolute atomic E-state index is 0.0627. The third kappa shape index (κ3) is 6.84. The van der Waals surface area contributed by atoms with Crippen molar-refractivity contribution in [2.24, 2.45) is 0 Å². The van der Waals surface area contributed by atoms with Crippen molar-refractivity contribution < 1.29 is 9.18 Å². The van der Waals surface area contributed by atoms with Crippen LogP contribution in [-0.2, 0) is 4.79 Å². The van der Waals surface area contributed by atoms with E-state index >= 15 is 0 Å². The predicted octanol–water partition coefficient (Wildman–Crippen LogP) is 3.41. The van der Waals surface area contributed by atoms with Gasteiger partial charge < -0.3 is 16.0 Å². The maximum absolute atomic E-state index is 12.2. The number of alkyl halides is 4. The Kier molecular flexibility index (Phi) is 7.23. The maximum atomic E-state index is 12.2. The van der Waals surface area contributed by atoms with Gasteiger partial charge in [0, 0.05) is 10.7 Å². The van der Waals surface area contributed by atoms with Crippen LogP contribution in [0, 0.1) is 0 Å². The van der Waals surface area contributed by atoms with E-state index in [9.17, 15) is 9.18 Å². The van der Waals surface area contributed by atoms with Crippen LogP contribution in [0.3, 0.4) is 0 Å². The van der Waals surface area contributed by atoms with Gasteiger partial charge in [0.1, 0.15) is 6.17 Å². The van der Waals surface area contributed by atoms with Crippen molar-refractivity contribution in [1.29, 1.82) is 0 Å². The topological polar surface area (TPSA) is 53.2 Å². The Labute approximate surface area is 146 Å². The average Bonchev–Trinajstić information content (AvgIpc) is 2.36. The summed E-state index contributed by atoms with van der Waals surface area (Å²) in [5, 5.41) is 8.09. The van der Waals surface area contributed by atoms with Crippen LogP contribution in [0.2, 0.25) is 5.02 Å². The van der Waals surface area contributed by atoms with Crippen LogP contribution in [0.1, 0.15) is 0 Å². The summed E-state index contributed by atoms with van der Waals surface area (Å²) in [6.45, 7) is -1.24. The van der Waals surface area contributed by atoms with Crippen molar-refractivity contribution in [2.45, 2.75) is 9.96 Å². The van der Waals surface area contributed by atoms with E-state index in [1.807, 2.05) is 0 Å². The molecule has 1 rings (SSSR count). The van der Waals surface area contributed by atoms with Gasteiger partial charge in [0.2, 0.25) is 3.79 Å². The second kappa shape index (κ2) is 8.19. The van der Waals surface area contributed by atoms with Gasteiger partial charge in [0.15, 0.2) is 11.8 Å². The van der Waals surface area contributed by atoms with E-state index in [1.54, 1.807) is 24.3 Å². The molecule has 4 nitrogen and oxygen atoms in total. The summed E-state index contributed by atoms with van der Waals surface area (Å²) < 4.78 is 10.3. The van der Waals surface area contributed by atoms with Crippen LogP contribution in [0.25, 0.3) is 0 Å². The lowest BCUT2D eigenvalue weighted by Crippen LogP contribution is -2.56. The summed E-state index contributed by atoms with van der Waals surface area (Å²) in [5.41, 5.74) is 0.597. The van der Waals surface area contributed by atoms with Crippen molar-refractivity contribution in [3.05, 3.63) is 29.3 Å². The molecule has 1 atom stereocenters. The number of thiocarbonyl (C=S) groups is 1. The molecular weight excluding hydrogens is 383 g/mol. The van der Waals surface area contributed by atoms with Crippen molar-refractivity contribution in [3.63, 3.8) is 0 Å². The second-order valence-electron chi connectivity index (χ2n) is 3.78. The molecule has 0 spiro atoms. The fraction of sp³-hybridized carbons (Fsp3) is 0.273. The summed E-state index contributed by atoms with van der Waals surface area (Å²) in [4.78, 5) is 11.1. The van der Waals surface area contributed by atoms with E-state index in [-0.39, 0.29) is 5.11 Å². The standard InChI is InChI=1S/C11H10Cl4FN3OS/c12-6-2-1-3-7(4-6)17-10(21)19-9(11(13,14)15)18-8(20)5-16/h1-4,9H,5H2,(H,18,20)(H2,17,19,21)/t9-/m0/s1. The van der Waals surface area contributed by atoms with Crippen LogP contribution in [0.4, 0.5) is 10.1 Å². The van der Waals surface area contributed by atoms with Gasteiger partial charge in [0.25, 0.3) is 5.91 Å². The first-order valence-electron chi connectivity index (χ1n) is 5.47. The Hall–Kier alpha value is -0.530. The van der Waals surface area contributed by atoms with Gasteiger partial charge in [-0.25, -0.2) is 4.39 Å². The summed E-state index contributed by atoms with van der Waals surface area (Å²) >= 11 is 27.9. The molecular formula is C11H10Cl4FN3OS. The first kappa shape index (κ1) is 18.5. The number of amides is 1. The Morgan fingerprint density at radius 2 is 2.00 bits per heavy atom. The van der Waals surface area contributed by atoms with E-state index < -0.39 is 22.5 Å². The molecule has 0 aromatic heterocycles. The molecule has 1 amide bonds. The third-order valence-corrected chi connectivity index (χ3v) is 3.22. The average molecular weight is 393 g/mol. The molecule has 0 heterocycles. The normalized spacial score (nSPS) is 12.4. The van der Waals surface area contributed by atoms with Gasteiger partial charge in [-0.3, -0.25) is 4.79 Å². The minimum atomic E-state index is -1.93. The molecule has 0 radical (unpaired) electrons. The molecule has 0 aliphatic rings. The number of nitrogens with one attached hydrogen (secondary N) is 3. The summed E-state index contributed by atoms with van der Waals surface area (Å²) in [6.07, 6.45) is -1.20. The molecule has 0 fully saturated rings. The molecule has 116 valence electrons. The summed E-state index contributed by atoms with van der Waals surface area (Å²) in [5.74, 6) is -0.940. The second-order valence-corrected chi connectivity index (χ2v) is 7.00.